The molecular weight excluding hydrogens is 274 g/mol. The average Bonchev–Trinajstić information content (AvgIpc) is 3.22. The molecule has 3 heteroatoms. The third-order valence-corrected chi connectivity index (χ3v) is 4.60. The highest BCUT2D eigenvalue weighted by Crippen LogP contribution is 2.32. The van der Waals surface area contributed by atoms with Crippen molar-refractivity contribution < 1.29 is 9.53 Å². The monoisotopic (exact) mass is 299 g/mol. The summed E-state index contributed by atoms with van der Waals surface area (Å²) in [4.78, 5) is 14.4. The minimum absolute atomic E-state index is 0.237. The van der Waals surface area contributed by atoms with Gasteiger partial charge in [0.25, 0.3) is 0 Å². The van der Waals surface area contributed by atoms with Crippen molar-refractivity contribution in [1.29, 1.82) is 0 Å². The number of likely N-dealkylation sites (tertiary alicyclic amines) is 1. The summed E-state index contributed by atoms with van der Waals surface area (Å²) in [7, 11) is 0. The van der Waals surface area contributed by atoms with Gasteiger partial charge in [0.2, 0.25) is 0 Å². The lowest BCUT2D eigenvalue weighted by molar-refractivity contribution is -0.139. The molecule has 0 bridgehead atoms. The number of aryl methyl sites for hydroxylation is 1. The number of hydrogen-bond acceptors (Lipinski definition) is 3. The Bertz CT molecular complexity index is 531. The number of carbonyl (C=O) groups is 1. The summed E-state index contributed by atoms with van der Waals surface area (Å²) in [6.07, 6.45) is 8.49. The summed E-state index contributed by atoms with van der Waals surface area (Å²) in [5, 5.41) is 0. The van der Waals surface area contributed by atoms with E-state index in [2.05, 4.69) is 11.8 Å². The second-order valence-electron chi connectivity index (χ2n) is 6.61. The number of benzene rings is 1. The first-order chi connectivity index (χ1) is 10.7. The van der Waals surface area contributed by atoms with Gasteiger partial charge in [0.1, 0.15) is 6.61 Å². The molecule has 1 unspecified atom stereocenters. The van der Waals surface area contributed by atoms with Crippen LogP contribution in [0.25, 0.3) is 6.08 Å². The SMILES string of the molecule is Cc1ccc(C=CC(=O)OCC2CCCN2CC2CC2)cc1. The van der Waals surface area contributed by atoms with E-state index in [1.165, 1.54) is 37.4 Å². The molecule has 1 atom stereocenters. The van der Waals surface area contributed by atoms with E-state index in [-0.39, 0.29) is 5.97 Å². The zero-order valence-corrected chi connectivity index (χ0v) is 13.3. The van der Waals surface area contributed by atoms with Crippen molar-refractivity contribution in [2.75, 3.05) is 19.7 Å². The molecule has 0 amide bonds. The van der Waals surface area contributed by atoms with Crippen LogP contribution in [-0.4, -0.2) is 36.6 Å². The lowest BCUT2D eigenvalue weighted by Crippen LogP contribution is -2.35. The number of carbonyl (C=O) groups excluding carboxylic acids is 1. The maximum Gasteiger partial charge on any atom is 0.330 e. The molecule has 22 heavy (non-hydrogen) atoms. The van der Waals surface area contributed by atoms with Crippen LogP contribution in [0.15, 0.2) is 30.3 Å². The van der Waals surface area contributed by atoms with Gasteiger partial charge in [-0.1, -0.05) is 29.8 Å². The van der Waals surface area contributed by atoms with Crippen LogP contribution in [0.4, 0.5) is 0 Å². The Morgan fingerprint density at radius 3 is 2.77 bits per heavy atom. The molecule has 3 rings (SSSR count). The van der Waals surface area contributed by atoms with Crippen LogP contribution in [0.5, 0.6) is 0 Å². The summed E-state index contributed by atoms with van der Waals surface area (Å²) < 4.78 is 5.44. The van der Waals surface area contributed by atoms with Crippen molar-refractivity contribution in [2.45, 2.75) is 38.6 Å². The predicted octanol–water partition coefficient (Wildman–Crippen LogP) is 3.43. The normalized spacial score (nSPS) is 22.3. The second-order valence-corrected chi connectivity index (χ2v) is 6.61. The van der Waals surface area contributed by atoms with E-state index in [4.69, 9.17) is 4.74 Å². The van der Waals surface area contributed by atoms with Crippen LogP contribution >= 0.6 is 0 Å². The zero-order valence-electron chi connectivity index (χ0n) is 13.3. The van der Waals surface area contributed by atoms with Gasteiger partial charge in [0, 0.05) is 18.7 Å². The van der Waals surface area contributed by atoms with Gasteiger partial charge in [-0.3, -0.25) is 4.90 Å². The van der Waals surface area contributed by atoms with Gasteiger partial charge in [-0.05, 0) is 56.7 Å². The first-order valence-electron chi connectivity index (χ1n) is 8.36. The minimum atomic E-state index is -0.237. The molecule has 2 fully saturated rings. The third-order valence-electron chi connectivity index (χ3n) is 4.60. The smallest absolute Gasteiger partial charge is 0.330 e. The lowest BCUT2D eigenvalue weighted by atomic mass is 10.1. The second kappa shape index (κ2) is 7.10. The van der Waals surface area contributed by atoms with Crippen LogP contribution in [0.3, 0.4) is 0 Å². The molecule has 0 N–H and O–H groups in total. The fraction of sp³-hybridized carbons (Fsp3) is 0.526. The first kappa shape index (κ1) is 15.3. The first-order valence-corrected chi connectivity index (χ1v) is 8.36. The van der Waals surface area contributed by atoms with Crippen molar-refractivity contribution in [2.24, 2.45) is 5.92 Å². The predicted molar refractivity (Wildman–Crippen MR) is 88.5 cm³/mol. The fourth-order valence-corrected chi connectivity index (χ4v) is 3.02. The molecule has 2 aliphatic rings. The third kappa shape index (κ3) is 4.44. The van der Waals surface area contributed by atoms with E-state index in [1.54, 1.807) is 0 Å². The van der Waals surface area contributed by atoms with Crippen LogP contribution in [0.2, 0.25) is 0 Å². The molecule has 0 aromatic heterocycles. The minimum Gasteiger partial charge on any atom is -0.461 e. The van der Waals surface area contributed by atoms with Crippen LogP contribution in [0, 0.1) is 12.8 Å². The topological polar surface area (TPSA) is 29.5 Å². The summed E-state index contributed by atoms with van der Waals surface area (Å²) in [6.45, 7) is 4.94. The quantitative estimate of drug-likeness (QED) is 0.595. The van der Waals surface area contributed by atoms with Gasteiger partial charge >= 0.3 is 5.97 Å². The Morgan fingerprint density at radius 1 is 1.27 bits per heavy atom. The zero-order chi connectivity index (χ0) is 15.4. The van der Waals surface area contributed by atoms with Crippen LogP contribution in [-0.2, 0) is 9.53 Å². The molecule has 1 aliphatic heterocycles. The standard InChI is InChI=1S/C19H25NO2/c1-15-4-6-16(7-5-15)10-11-19(21)22-14-18-3-2-12-20(18)13-17-8-9-17/h4-7,10-11,17-18H,2-3,8-9,12-14H2,1H3. The van der Waals surface area contributed by atoms with E-state index < -0.39 is 0 Å². The highest BCUT2D eigenvalue weighted by Gasteiger charge is 2.31. The van der Waals surface area contributed by atoms with E-state index in [1.807, 2.05) is 30.3 Å². The van der Waals surface area contributed by atoms with E-state index in [0.29, 0.717) is 12.6 Å². The Balaban J connectivity index is 1.44. The molecule has 1 saturated heterocycles. The summed E-state index contributed by atoms with van der Waals surface area (Å²) in [5.41, 5.74) is 2.25. The summed E-state index contributed by atoms with van der Waals surface area (Å²) >= 11 is 0. The van der Waals surface area contributed by atoms with E-state index in [0.717, 1.165) is 24.4 Å². The average molecular weight is 299 g/mol. The maximum absolute atomic E-state index is 11.9. The molecule has 0 spiro atoms. The van der Waals surface area contributed by atoms with Crippen molar-refractivity contribution >= 4 is 12.0 Å². The largest absolute Gasteiger partial charge is 0.461 e. The van der Waals surface area contributed by atoms with Gasteiger partial charge in [-0.25, -0.2) is 4.79 Å². The van der Waals surface area contributed by atoms with Crippen molar-refractivity contribution in [3.63, 3.8) is 0 Å². The van der Waals surface area contributed by atoms with Crippen LogP contribution < -0.4 is 0 Å². The highest BCUT2D eigenvalue weighted by molar-refractivity contribution is 5.87. The maximum atomic E-state index is 11.9. The molecular formula is C19H25NO2. The van der Waals surface area contributed by atoms with Crippen molar-refractivity contribution in [1.82, 2.24) is 4.90 Å². The van der Waals surface area contributed by atoms with Crippen molar-refractivity contribution in [3.8, 4) is 0 Å². The number of nitrogens with zero attached hydrogens (tertiary/aromatic N) is 1. The number of ether oxygens (including phenoxy) is 1. The lowest BCUT2D eigenvalue weighted by Gasteiger charge is -2.23. The van der Waals surface area contributed by atoms with Gasteiger partial charge < -0.3 is 4.74 Å². The molecule has 1 aromatic rings. The Labute approximate surface area is 133 Å². The van der Waals surface area contributed by atoms with Gasteiger partial charge in [0.05, 0.1) is 0 Å². The van der Waals surface area contributed by atoms with Gasteiger partial charge in [0.15, 0.2) is 0 Å². The number of rotatable bonds is 6. The van der Waals surface area contributed by atoms with Gasteiger partial charge in [-0.2, -0.15) is 0 Å². The molecule has 1 saturated carbocycles. The number of hydrogen-bond donors (Lipinski definition) is 0. The molecule has 1 aromatic carbocycles. The molecule has 118 valence electrons. The fourth-order valence-electron chi connectivity index (χ4n) is 3.02. The Hall–Kier alpha value is -1.61. The molecule has 3 nitrogen and oxygen atoms in total. The summed E-state index contributed by atoms with van der Waals surface area (Å²) in [6, 6.07) is 8.52. The Kier molecular flexibility index (Phi) is 4.94. The number of esters is 1. The molecule has 1 heterocycles. The van der Waals surface area contributed by atoms with Crippen molar-refractivity contribution in [3.05, 3.63) is 41.5 Å². The molecule has 0 radical (unpaired) electrons. The Morgan fingerprint density at radius 2 is 2.05 bits per heavy atom. The molecule has 1 aliphatic carbocycles. The summed E-state index contributed by atoms with van der Waals surface area (Å²) in [5.74, 6) is 0.664. The van der Waals surface area contributed by atoms with Crippen LogP contribution in [0.1, 0.15) is 36.8 Å². The van der Waals surface area contributed by atoms with Gasteiger partial charge in [-0.15, -0.1) is 0 Å². The van der Waals surface area contributed by atoms with E-state index in [9.17, 15) is 4.79 Å². The highest BCUT2D eigenvalue weighted by atomic mass is 16.5. The van der Waals surface area contributed by atoms with E-state index >= 15 is 0 Å².